The SMILES string of the molecule is Cc1cccc(C)c1N1CC=C[C@]23S[C@H]4C=CCN(C)C(=O)[C@H]4[C@H]2C(=O)N([C@@H](CO)C(C)C)C3C1=O. The number of thioether (sulfide) groups is 1. The molecule has 1 spiro atoms. The molecule has 192 valence electrons. The molecule has 1 N–H and O–H groups in total. The van der Waals surface area contributed by atoms with E-state index in [0.29, 0.717) is 13.1 Å². The summed E-state index contributed by atoms with van der Waals surface area (Å²) in [5.74, 6) is -1.69. The van der Waals surface area contributed by atoms with Crippen molar-refractivity contribution in [2.24, 2.45) is 17.8 Å². The van der Waals surface area contributed by atoms with Gasteiger partial charge in [-0.05, 0) is 30.9 Å². The number of amides is 3. The average molecular weight is 510 g/mol. The van der Waals surface area contributed by atoms with Crippen LogP contribution in [0.25, 0.3) is 0 Å². The highest BCUT2D eigenvalue weighted by Crippen LogP contribution is 2.61. The summed E-state index contributed by atoms with van der Waals surface area (Å²) >= 11 is 1.57. The fourth-order valence-corrected chi connectivity index (χ4v) is 8.61. The first-order valence-corrected chi connectivity index (χ1v) is 13.6. The number of nitrogens with zero attached hydrogens (tertiary/aromatic N) is 3. The normalized spacial score (nSPS) is 32.5. The van der Waals surface area contributed by atoms with Crippen LogP contribution in [0.4, 0.5) is 5.69 Å². The van der Waals surface area contributed by atoms with Gasteiger partial charge in [-0.2, -0.15) is 0 Å². The Morgan fingerprint density at radius 1 is 1.06 bits per heavy atom. The van der Waals surface area contributed by atoms with Crippen LogP contribution in [-0.2, 0) is 14.4 Å². The molecule has 6 atom stereocenters. The summed E-state index contributed by atoms with van der Waals surface area (Å²) in [6.45, 7) is 8.56. The van der Waals surface area contributed by atoms with E-state index in [4.69, 9.17) is 0 Å². The number of likely N-dealkylation sites (N-methyl/N-ethyl adjacent to an activating group) is 1. The summed E-state index contributed by atoms with van der Waals surface area (Å²) in [6.07, 6.45) is 8.05. The molecule has 0 bridgehead atoms. The fraction of sp³-hybridized carbons (Fsp3) is 0.536. The van der Waals surface area contributed by atoms with Crippen molar-refractivity contribution in [2.75, 3.05) is 31.6 Å². The van der Waals surface area contributed by atoms with Gasteiger partial charge in [-0.1, -0.05) is 56.4 Å². The number of fused-ring (bicyclic) bond motifs is 2. The number of para-hydroxylation sites is 1. The highest BCUT2D eigenvalue weighted by molar-refractivity contribution is 8.02. The Hall–Kier alpha value is -2.58. The van der Waals surface area contributed by atoms with E-state index in [0.717, 1.165) is 16.8 Å². The van der Waals surface area contributed by atoms with Crippen molar-refractivity contribution in [3.8, 4) is 0 Å². The molecule has 1 aromatic rings. The number of benzene rings is 1. The number of hydrogen-bond donors (Lipinski definition) is 1. The molecule has 0 saturated carbocycles. The van der Waals surface area contributed by atoms with Crippen molar-refractivity contribution < 1.29 is 19.5 Å². The lowest BCUT2D eigenvalue weighted by atomic mass is 9.78. The third-order valence-corrected chi connectivity index (χ3v) is 10.1. The molecule has 1 aromatic carbocycles. The van der Waals surface area contributed by atoms with E-state index in [1.165, 1.54) is 0 Å². The topological polar surface area (TPSA) is 81.2 Å². The summed E-state index contributed by atoms with van der Waals surface area (Å²) < 4.78 is -0.880. The average Bonchev–Trinajstić information content (AvgIpc) is 3.15. The Kier molecular flexibility index (Phi) is 6.32. The molecule has 3 amide bonds. The quantitative estimate of drug-likeness (QED) is 0.631. The van der Waals surface area contributed by atoms with Crippen LogP contribution in [0, 0.1) is 31.6 Å². The summed E-state index contributed by atoms with van der Waals surface area (Å²) in [7, 11) is 1.76. The van der Waals surface area contributed by atoms with Crippen LogP contribution in [0.15, 0.2) is 42.5 Å². The van der Waals surface area contributed by atoms with Crippen molar-refractivity contribution in [3.63, 3.8) is 0 Å². The van der Waals surface area contributed by atoms with Gasteiger partial charge in [0.05, 0.1) is 29.2 Å². The van der Waals surface area contributed by atoms with Gasteiger partial charge in [0.25, 0.3) is 5.91 Å². The Morgan fingerprint density at radius 3 is 2.39 bits per heavy atom. The van der Waals surface area contributed by atoms with Crippen molar-refractivity contribution in [2.45, 2.75) is 49.8 Å². The predicted molar refractivity (Wildman–Crippen MR) is 142 cm³/mol. The number of carbonyl (C=O) groups is 3. The van der Waals surface area contributed by atoms with E-state index in [1.54, 1.807) is 33.5 Å². The maximum atomic E-state index is 14.6. The van der Waals surface area contributed by atoms with Gasteiger partial charge < -0.3 is 19.8 Å². The van der Waals surface area contributed by atoms with Crippen LogP contribution in [0.5, 0.6) is 0 Å². The number of aliphatic hydroxyl groups is 1. The highest BCUT2D eigenvalue weighted by atomic mass is 32.2. The number of aryl methyl sites for hydroxylation is 2. The van der Waals surface area contributed by atoms with Crippen LogP contribution in [-0.4, -0.2) is 81.5 Å². The molecule has 7 nitrogen and oxygen atoms in total. The minimum atomic E-state index is -0.880. The van der Waals surface area contributed by atoms with E-state index in [2.05, 4.69) is 0 Å². The molecule has 0 aliphatic carbocycles. The van der Waals surface area contributed by atoms with Crippen molar-refractivity contribution in [1.29, 1.82) is 0 Å². The Balaban J connectivity index is 1.69. The monoisotopic (exact) mass is 509 g/mol. The molecule has 0 aromatic heterocycles. The fourth-order valence-electron chi connectivity index (χ4n) is 6.61. The molecular weight excluding hydrogens is 474 g/mol. The molecule has 2 saturated heterocycles. The zero-order valence-corrected chi connectivity index (χ0v) is 22.4. The molecule has 2 fully saturated rings. The Labute approximate surface area is 217 Å². The Bertz CT molecular complexity index is 1140. The van der Waals surface area contributed by atoms with Gasteiger partial charge >= 0.3 is 0 Å². The lowest BCUT2D eigenvalue weighted by molar-refractivity contribution is -0.144. The summed E-state index contributed by atoms with van der Waals surface area (Å²) in [4.78, 5) is 47.5. The van der Waals surface area contributed by atoms with Crippen LogP contribution in [0.3, 0.4) is 0 Å². The minimum absolute atomic E-state index is 0.0586. The van der Waals surface area contributed by atoms with E-state index < -0.39 is 28.7 Å². The van der Waals surface area contributed by atoms with Crippen molar-refractivity contribution >= 4 is 35.2 Å². The number of anilines is 1. The second-order valence-corrected chi connectivity index (χ2v) is 12.3. The largest absolute Gasteiger partial charge is 0.394 e. The van der Waals surface area contributed by atoms with E-state index >= 15 is 0 Å². The molecule has 0 radical (unpaired) electrons. The molecule has 1 unspecified atom stereocenters. The smallest absolute Gasteiger partial charge is 0.251 e. The lowest BCUT2D eigenvalue weighted by Gasteiger charge is -2.40. The van der Waals surface area contributed by atoms with Crippen molar-refractivity contribution in [3.05, 3.63) is 53.6 Å². The maximum Gasteiger partial charge on any atom is 0.251 e. The molecular formula is C28H35N3O4S. The number of aliphatic hydroxyl groups excluding tert-OH is 1. The van der Waals surface area contributed by atoms with Gasteiger partial charge in [-0.3, -0.25) is 14.4 Å². The van der Waals surface area contributed by atoms with Crippen LogP contribution < -0.4 is 4.90 Å². The van der Waals surface area contributed by atoms with Gasteiger partial charge in [-0.15, -0.1) is 11.8 Å². The van der Waals surface area contributed by atoms with Gasteiger partial charge in [0.1, 0.15) is 6.04 Å². The zero-order valence-electron chi connectivity index (χ0n) is 21.5. The van der Waals surface area contributed by atoms with Crippen LogP contribution in [0.1, 0.15) is 25.0 Å². The second kappa shape index (κ2) is 9.06. The summed E-state index contributed by atoms with van der Waals surface area (Å²) in [5.41, 5.74) is 2.84. The summed E-state index contributed by atoms with van der Waals surface area (Å²) in [5, 5.41) is 10.2. The van der Waals surface area contributed by atoms with E-state index in [1.807, 2.05) is 70.2 Å². The zero-order chi connectivity index (χ0) is 25.9. The lowest BCUT2D eigenvalue weighted by Crippen LogP contribution is -2.58. The van der Waals surface area contributed by atoms with Gasteiger partial charge in [-0.25, -0.2) is 0 Å². The van der Waals surface area contributed by atoms with Crippen molar-refractivity contribution in [1.82, 2.24) is 9.80 Å². The molecule has 4 aliphatic heterocycles. The first-order valence-electron chi connectivity index (χ1n) is 12.7. The molecule has 8 heteroatoms. The summed E-state index contributed by atoms with van der Waals surface area (Å²) in [6, 6.07) is 4.63. The second-order valence-electron chi connectivity index (χ2n) is 10.8. The number of likely N-dealkylation sites (tertiary alicyclic amines) is 1. The van der Waals surface area contributed by atoms with Gasteiger partial charge in [0.15, 0.2) is 0 Å². The van der Waals surface area contributed by atoms with E-state index in [9.17, 15) is 19.5 Å². The van der Waals surface area contributed by atoms with Crippen LogP contribution in [0.2, 0.25) is 0 Å². The standard InChI is InChI=1S/C28H35N3O4S/c1-16(2)19(15-32)31-24-27(35)30(23-17(3)9-6-10-18(23)4)14-8-12-28(24)22(26(31)34)21-20(36-28)11-7-13-29(5)25(21)33/h6-12,16,19-22,24,32H,13-15H2,1-5H3/t19-,20-,21+,22-,24?,28-/m0/s1. The molecule has 36 heavy (non-hydrogen) atoms. The molecule has 5 rings (SSSR count). The Morgan fingerprint density at radius 2 is 1.75 bits per heavy atom. The first-order chi connectivity index (χ1) is 17.1. The first kappa shape index (κ1) is 25.1. The predicted octanol–water partition coefficient (Wildman–Crippen LogP) is 2.55. The van der Waals surface area contributed by atoms with E-state index in [-0.39, 0.29) is 35.5 Å². The van der Waals surface area contributed by atoms with Gasteiger partial charge in [0.2, 0.25) is 11.8 Å². The third-order valence-electron chi connectivity index (χ3n) is 8.32. The molecule has 4 aliphatic rings. The number of carbonyl (C=O) groups excluding carboxylic acids is 3. The minimum Gasteiger partial charge on any atom is -0.394 e. The van der Waals surface area contributed by atoms with Gasteiger partial charge in [0, 0.05) is 31.1 Å². The molecule has 4 heterocycles. The van der Waals surface area contributed by atoms with Crippen LogP contribution >= 0.6 is 11.8 Å². The number of rotatable bonds is 4. The number of hydrogen-bond acceptors (Lipinski definition) is 5. The maximum absolute atomic E-state index is 14.6. The third kappa shape index (κ3) is 3.48. The highest BCUT2D eigenvalue weighted by Gasteiger charge is 2.71.